The molecule has 0 bridgehead atoms. The summed E-state index contributed by atoms with van der Waals surface area (Å²) in [5.74, 6) is 0. The van der Waals surface area contributed by atoms with E-state index in [1.165, 1.54) is 5.57 Å². The van der Waals surface area contributed by atoms with Gasteiger partial charge in [-0.15, -0.1) is 0 Å². The molecule has 0 saturated carbocycles. The van der Waals surface area contributed by atoms with Gasteiger partial charge in [0.15, 0.2) is 0 Å². The van der Waals surface area contributed by atoms with Crippen molar-refractivity contribution in [3.8, 4) is 0 Å². The molecule has 1 radical (unpaired) electrons. The van der Waals surface area contributed by atoms with Crippen molar-refractivity contribution in [2.45, 2.75) is 32.8 Å². The maximum atomic E-state index is 8.49. The van der Waals surface area contributed by atoms with Crippen molar-refractivity contribution in [2.75, 3.05) is 0 Å². The summed E-state index contributed by atoms with van der Waals surface area (Å²) in [4.78, 5) is 4.26. The molecule has 0 aromatic heterocycles. The average Bonchev–Trinajstić information content (AvgIpc) is 2.04. The predicted octanol–water partition coefficient (Wildman–Crippen LogP) is 2.98. The molecular formula is C10H17O2. The van der Waals surface area contributed by atoms with Gasteiger partial charge in [0.1, 0.15) is 6.10 Å². The van der Waals surface area contributed by atoms with E-state index in [0.717, 1.165) is 18.4 Å². The van der Waals surface area contributed by atoms with E-state index in [1.54, 1.807) is 0 Å². The van der Waals surface area contributed by atoms with Crippen molar-refractivity contribution in [3.63, 3.8) is 0 Å². The van der Waals surface area contributed by atoms with Gasteiger partial charge in [-0.3, -0.25) is 5.26 Å². The molecular weight excluding hydrogens is 152 g/mol. The first-order chi connectivity index (χ1) is 5.61. The third kappa shape index (κ3) is 4.31. The fourth-order valence-electron chi connectivity index (χ4n) is 0.850. The van der Waals surface area contributed by atoms with Crippen LogP contribution in [0.2, 0.25) is 0 Å². The minimum Gasteiger partial charge on any atom is -0.251 e. The molecule has 0 fully saturated rings. The molecule has 0 aromatic carbocycles. The normalized spacial score (nSPS) is 14.5. The zero-order valence-electron chi connectivity index (χ0n) is 7.84. The van der Waals surface area contributed by atoms with Crippen LogP contribution in [0.5, 0.6) is 0 Å². The van der Waals surface area contributed by atoms with Gasteiger partial charge in [0.05, 0.1) is 0 Å². The van der Waals surface area contributed by atoms with Crippen LogP contribution in [0.3, 0.4) is 0 Å². The number of allylic oxidation sites excluding steroid dienone is 2. The molecule has 1 N–H and O–H groups in total. The van der Waals surface area contributed by atoms with Gasteiger partial charge in [-0.2, -0.15) is 0 Å². The van der Waals surface area contributed by atoms with Crippen LogP contribution in [0.4, 0.5) is 0 Å². The summed E-state index contributed by atoms with van der Waals surface area (Å²) in [6, 6.07) is 0. The topological polar surface area (TPSA) is 29.5 Å². The summed E-state index contributed by atoms with van der Waals surface area (Å²) in [6.45, 7) is 11.2. The van der Waals surface area contributed by atoms with E-state index < -0.39 is 0 Å². The molecule has 12 heavy (non-hydrogen) atoms. The Morgan fingerprint density at radius 1 is 1.58 bits per heavy atom. The van der Waals surface area contributed by atoms with Gasteiger partial charge in [-0.1, -0.05) is 18.2 Å². The lowest BCUT2D eigenvalue weighted by molar-refractivity contribution is -0.269. The van der Waals surface area contributed by atoms with Gasteiger partial charge in [-0.05, 0) is 39.2 Å². The second kappa shape index (κ2) is 5.98. The number of hydrogen-bond acceptors (Lipinski definition) is 2. The van der Waals surface area contributed by atoms with Crippen LogP contribution < -0.4 is 0 Å². The van der Waals surface area contributed by atoms with Crippen molar-refractivity contribution in [1.82, 2.24) is 0 Å². The molecule has 0 aliphatic heterocycles. The van der Waals surface area contributed by atoms with E-state index in [2.05, 4.69) is 18.4 Å². The quantitative estimate of drug-likeness (QED) is 0.389. The van der Waals surface area contributed by atoms with Crippen molar-refractivity contribution in [2.24, 2.45) is 0 Å². The van der Waals surface area contributed by atoms with Crippen molar-refractivity contribution < 1.29 is 10.1 Å². The largest absolute Gasteiger partial charge is 0.251 e. The van der Waals surface area contributed by atoms with Gasteiger partial charge >= 0.3 is 0 Å². The first kappa shape index (κ1) is 11.4. The molecule has 2 nitrogen and oxygen atoms in total. The SMILES string of the molecule is [CH2]/C=C(\C)CCC(OO)C(=C)C. The molecule has 2 heteroatoms. The highest BCUT2D eigenvalue weighted by Gasteiger charge is 2.08. The fourth-order valence-corrected chi connectivity index (χ4v) is 0.850. The summed E-state index contributed by atoms with van der Waals surface area (Å²) in [5.41, 5.74) is 2.03. The van der Waals surface area contributed by atoms with Crippen molar-refractivity contribution in [1.29, 1.82) is 0 Å². The molecule has 0 spiro atoms. The van der Waals surface area contributed by atoms with Crippen LogP contribution in [0, 0.1) is 6.92 Å². The molecule has 69 valence electrons. The molecule has 0 aromatic rings. The lowest BCUT2D eigenvalue weighted by Gasteiger charge is -2.12. The third-order valence-electron chi connectivity index (χ3n) is 1.83. The highest BCUT2D eigenvalue weighted by atomic mass is 17.1. The van der Waals surface area contributed by atoms with Gasteiger partial charge < -0.3 is 0 Å². The molecule has 0 rings (SSSR count). The highest BCUT2D eigenvalue weighted by Crippen LogP contribution is 2.13. The Kier molecular flexibility index (Phi) is 5.68. The molecule has 0 aliphatic carbocycles. The number of hydrogen-bond donors (Lipinski definition) is 1. The van der Waals surface area contributed by atoms with Crippen LogP contribution in [0.1, 0.15) is 26.7 Å². The standard InChI is InChI=1S/C10H17O2/c1-5-9(4)6-7-10(12-11)8(2)3/h5,10-11H,1-2,6-7H2,3-4H3/b9-5+. The lowest BCUT2D eigenvalue weighted by atomic mass is 10.0. The van der Waals surface area contributed by atoms with Gasteiger partial charge in [0.2, 0.25) is 0 Å². The van der Waals surface area contributed by atoms with E-state index in [9.17, 15) is 0 Å². The third-order valence-corrected chi connectivity index (χ3v) is 1.83. The van der Waals surface area contributed by atoms with Crippen LogP contribution >= 0.6 is 0 Å². The van der Waals surface area contributed by atoms with E-state index in [1.807, 2.05) is 19.9 Å². The highest BCUT2D eigenvalue weighted by molar-refractivity contribution is 5.03. The lowest BCUT2D eigenvalue weighted by Crippen LogP contribution is -2.11. The average molecular weight is 169 g/mol. The summed E-state index contributed by atoms with van der Waals surface area (Å²) >= 11 is 0. The predicted molar refractivity (Wildman–Crippen MR) is 50.7 cm³/mol. The fraction of sp³-hybridized carbons (Fsp3) is 0.500. The van der Waals surface area contributed by atoms with E-state index in [-0.39, 0.29) is 6.10 Å². The zero-order chi connectivity index (χ0) is 9.56. The Bertz CT molecular complexity index is 171. The van der Waals surface area contributed by atoms with Crippen LogP contribution in [-0.4, -0.2) is 11.4 Å². The minimum absolute atomic E-state index is 0.250. The van der Waals surface area contributed by atoms with Crippen molar-refractivity contribution >= 4 is 0 Å². The second-order valence-corrected chi connectivity index (χ2v) is 3.03. The molecule has 0 amide bonds. The molecule has 0 saturated heterocycles. The molecule has 1 unspecified atom stereocenters. The summed E-state index contributed by atoms with van der Waals surface area (Å²) < 4.78 is 0. The van der Waals surface area contributed by atoms with Gasteiger partial charge in [-0.25, -0.2) is 4.89 Å². The smallest absolute Gasteiger partial charge is 0.113 e. The van der Waals surface area contributed by atoms with E-state index in [4.69, 9.17) is 5.26 Å². The van der Waals surface area contributed by atoms with Gasteiger partial charge in [0.25, 0.3) is 0 Å². The van der Waals surface area contributed by atoms with E-state index in [0.29, 0.717) is 0 Å². The maximum Gasteiger partial charge on any atom is 0.113 e. The Hall–Kier alpha value is -0.600. The number of rotatable bonds is 5. The monoisotopic (exact) mass is 169 g/mol. The first-order valence-electron chi connectivity index (χ1n) is 4.02. The molecule has 1 atom stereocenters. The van der Waals surface area contributed by atoms with E-state index >= 15 is 0 Å². The second-order valence-electron chi connectivity index (χ2n) is 3.03. The summed E-state index contributed by atoms with van der Waals surface area (Å²) in [7, 11) is 0. The maximum absolute atomic E-state index is 8.49. The Morgan fingerprint density at radius 2 is 2.17 bits per heavy atom. The summed E-state index contributed by atoms with van der Waals surface area (Å²) in [6.07, 6.45) is 3.19. The van der Waals surface area contributed by atoms with Gasteiger partial charge in [0, 0.05) is 0 Å². The Morgan fingerprint density at radius 3 is 2.50 bits per heavy atom. The minimum atomic E-state index is -0.250. The Labute approximate surface area is 74.5 Å². The first-order valence-corrected chi connectivity index (χ1v) is 4.02. The summed E-state index contributed by atoms with van der Waals surface area (Å²) in [5, 5.41) is 8.49. The Balaban J connectivity index is 3.81. The van der Waals surface area contributed by atoms with Crippen LogP contribution in [-0.2, 0) is 4.89 Å². The molecule has 0 aliphatic rings. The van der Waals surface area contributed by atoms with Crippen molar-refractivity contribution in [3.05, 3.63) is 30.7 Å². The van der Waals surface area contributed by atoms with Crippen LogP contribution in [0.25, 0.3) is 0 Å². The zero-order valence-corrected chi connectivity index (χ0v) is 7.84. The van der Waals surface area contributed by atoms with Crippen LogP contribution in [0.15, 0.2) is 23.8 Å². The molecule has 0 heterocycles.